The summed E-state index contributed by atoms with van der Waals surface area (Å²) in [5.74, 6) is -1.23. The molecule has 1 fully saturated rings. The Morgan fingerprint density at radius 2 is 1.90 bits per heavy atom. The number of halogens is 1. The third kappa shape index (κ3) is 3.81. The van der Waals surface area contributed by atoms with Crippen LogP contribution < -0.4 is 4.90 Å². The van der Waals surface area contributed by atoms with E-state index >= 15 is 0 Å². The van der Waals surface area contributed by atoms with E-state index in [2.05, 4.69) is 20.8 Å². The van der Waals surface area contributed by atoms with Gasteiger partial charge in [-0.25, -0.2) is 0 Å². The van der Waals surface area contributed by atoms with Crippen molar-refractivity contribution in [3.63, 3.8) is 0 Å². The quantitative estimate of drug-likeness (QED) is 0.806. The molecule has 0 radical (unpaired) electrons. The lowest BCUT2D eigenvalue weighted by atomic mass is 9.85. The molecular weight excluding hydrogens is 293 g/mol. The predicted molar refractivity (Wildman–Crippen MR) is 80.5 cm³/mol. The Hall–Kier alpha value is -1.43. The van der Waals surface area contributed by atoms with E-state index < -0.39 is 21.9 Å². The number of carbonyl (C=O) groups excluding carboxylic acids is 1. The van der Waals surface area contributed by atoms with Gasteiger partial charge in [-0.15, -0.1) is 3.89 Å². The summed E-state index contributed by atoms with van der Waals surface area (Å²) < 4.78 is 34.3. The van der Waals surface area contributed by atoms with Crippen LogP contribution in [-0.4, -0.2) is 26.6 Å². The second-order valence-corrected chi connectivity index (χ2v) is 7.96. The molecule has 1 aliphatic rings. The topological polar surface area (TPSA) is 54.5 Å². The van der Waals surface area contributed by atoms with Crippen LogP contribution in [0.5, 0.6) is 0 Å². The first-order valence-electron chi connectivity index (χ1n) is 6.90. The Balaban J connectivity index is 2.30. The minimum absolute atomic E-state index is 0.0711. The molecule has 0 bridgehead atoms. The van der Waals surface area contributed by atoms with Crippen molar-refractivity contribution in [3.05, 3.63) is 29.8 Å². The largest absolute Gasteiger partial charge is 0.312 e. The van der Waals surface area contributed by atoms with Crippen LogP contribution in [0, 0.1) is 5.92 Å². The van der Waals surface area contributed by atoms with Crippen molar-refractivity contribution in [2.75, 3.05) is 17.2 Å². The summed E-state index contributed by atoms with van der Waals surface area (Å²) in [6.07, 6.45) is 0.0711. The molecule has 1 heterocycles. The van der Waals surface area contributed by atoms with Crippen molar-refractivity contribution in [1.29, 1.82) is 0 Å². The maximum absolute atomic E-state index is 12.8. The number of anilines is 1. The highest BCUT2D eigenvalue weighted by Gasteiger charge is 2.35. The van der Waals surface area contributed by atoms with Gasteiger partial charge in [0.15, 0.2) is 0 Å². The van der Waals surface area contributed by atoms with Gasteiger partial charge in [-0.3, -0.25) is 4.79 Å². The fourth-order valence-corrected chi connectivity index (χ4v) is 3.54. The Labute approximate surface area is 125 Å². The summed E-state index contributed by atoms with van der Waals surface area (Å²) >= 11 is 0. The van der Waals surface area contributed by atoms with Gasteiger partial charge in [-0.2, -0.15) is 8.42 Å². The number of amides is 1. The molecule has 2 rings (SSSR count). The van der Waals surface area contributed by atoms with Crippen molar-refractivity contribution >= 4 is 21.8 Å². The first-order chi connectivity index (χ1) is 9.58. The Morgan fingerprint density at radius 3 is 2.48 bits per heavy atom. The summed E-state index contributed by atoms with van der Waals surface area (Å²) in [7, 11) is -4.55. The van der Waals surface area contributed by atoms with Gasteiger partial charge in [0, 0.05) is 24.6 Å². The van der Waals surface area contributed by atoms with Crippen molar-refractivity contribution in [2.24, 2.45) is 5.92 Å². The first kappa shape index (κ1) is 15.9. The summed E-state index contributed by atoms with van der Waals surface area (Å²) in [5.41, 5.74) is 1.66. The molecular formula is C15H20FNO3S. The zero-order chi connectivity index (χ0) is 15.8. The molecule has 116 valence electrons. The van der Waals surface area contributed by atoms with E-state index in [4.69, 9.17) is 0 Å². The van der Waals surface area contributed by atoms with Gasteiger partial charge in [0.1, 0.15) is 0 Å². The van der Waals surface area contributed by atoms with Crippen LogP contribution in [0.4, 0.5) is 9.57 Å². The molecule has 6 heteroatoms. The van der Waals surface area contributed by atoms with E-state index in [-0.39, 0.29) is 24.3 Å². The molecule has 1 aromatic carbocycles. The highest BCUT2D eigenvalue weighted by Crippen LogP contribution is 2.35. The standard InChI is InChI=1S/C15H20FNO3S/c1-15(2,3)12-6-4-5-7-13(12)17-9-11(8-14(17)18)10-21(16,19)20/h4-7,11H,8-10H2,1-3H3. The van der Waals surface area contributed by atoms with Crippen LogP contribution >= 0.6 is 0 Å². The van der Waals surface area contributed by atoms with Gasteiger partial charge in [0.2, 0.25) is 5.91 Å². The summed E-state index contributed by atoms with van der Waals surface area (Å²) in [6.45, 7) is 6.40. The van der Waals surface area contributed by atoms with Gasteiger partial charge in [0.25, 0.3) is 0 Å². The van der Waals surface area contributed by atoms with E-state index in [1.165, 1.54) is 0 Å². The Kier molecular flexibility index (Phi) is 4.10. The molecule has 0 saturated carbocycles. The number of hydrogen-bond donors (Lipinski definition) is 0. The van der Waals surface area contributed by atoms with Gasteiger partial charge in [0.05, 0.1) is 5.75 Å². The molecule has 0 spiro atoms. The average Bonchev–Trinajstić information content (AvgIpc) is 2.66. The number of para-hydroxylation sites is 1. The Bertz CT molecular complexity index is 649. The lowest BCUT2D eigenvalue weighted by molar-refractivity contribution is -0.117. The maximum Gasteiger partial charge on any atom is 0.302 e. The molecule has 1 aromatic rings. The lowest BCUT2D eigenvalue weighted by Gasteiger charge is -2.27. The van der Waals surface area contributed by atoms with Crippen LogP contribution in [0.2, 0.25) is 0 Å². The summed E-state index contributed by atoms with van der Waals surface area (Å²) in [5, 5.41) is 0. The third-order valence-electron chi connectivity index (χ3n) is 3.64. The van der Waals surface area contributed by atoms with Crippen molar-refractivity contribution < 1.29 is 17.1 Å². The van der Waals surface area contributed by atoms with Crippen molar-refractivity contribution in [2.45, 2.75) is 32.6 Å². The molecule has 1 unspecified atom stereocenters. The minimum atomic E-state index is -4.55. The predicted octanol–water partition coefficient (Wildman–Crippen LogP) is 2.64. The zero-order valence-corrected chi connectivity index (χ0v) is 13.3. The van der Waals surface area contributed by atoms with Gasteiger partial charge in [-0.05, 0) is 17.0 Å². The number of benzene rings is 1. The second-order valence-electron chi connectivity index (χ2n) is 6.55. The fraction of sp³-hybridized carbons (Fsp3) is 0.533. The van der Waals surface area contributed by atoms with Crippen molar-refractivity contribution in [1.82, 2.24) is 0 Å². The van der Waals surface area contributed by atoms with Gasteiger partial charge >= 0.3 is 10.2 Å². The molecule has 1 saturated heterocycles. The van der Waals surface area contributed by atoms with Crippen LogP contribution in [0.15, 0.2) is 24.3 Å². The minimum Gasteiger partial charge on any atom is -0.312 e. The molecule has 1 amide bonds. The average molecular weight is 313 g/mol. The van der Waals surface area contributed by atoms with E-state index in [1.807, 2.05) is 24.3 Å². The number of rotatable bonds is 3. The summed E-state index contributed by atoms with van der Waals surface area (Å²) in [4.78, 5) is 13.7. The highest BCUT2D eigenvalue weighted by molar-refractivity contribution is 7.86. The molecule has 1 aliphatic heterocycles. The first-order valence-corrected chi connectivity index (χ1v) is 8.45. The molecule has 1 atom stereocenters. The van der Waals surface area contributed by atoms with Gasteiger partial charge in [-0.1, -0.05) is 39.0 Å². The lowest BCUT2D eigenvalue weighted by Crippen LogP contribution is -2.28. The highest BCUT2D eigenvalue weighted by atomic mass is 32.3. The molecule has 4 nitrogen and oxygen atoms in total. The van der Waals surface area contributed by atoms with E-state index in [0.29, 0.717) is 0 Å². The van der Waals surface area contributed by atoms with E-state index in [9.17, 15) is 17.1 Å². The molecule has 0 N–H and O–H groups in total. The van der Waals surface area contributed by atoms with Gasteiger partial charge < -0.3 is 4.90 Å². The van der Waals surface area contributed by atoms with Crippen LogP contribution in [0.25, 0.3) is 0 Å². The summed E-state index contributed by atoms with van der Waals surface area (Å²) in [6, 6.07) is 7.57. The third-order valence-corrected chi connectivity index (χ3v) is 4.51. The van der Waals surface area contributed by atoms with E-state index in [0.717, 1.165) is 11.3 Å². The maximum atomic E-state index is 12.8. The normalized spacial score (nSPS) is 20.1. The Morgan fingerprint density at radius 1 is 1.29 bits per heavy atom. The monoisotopic (exact) mass is 313 g/mol. The second kappa shape index (κ2) is 5.40. The molecule has 21 heavy (non-hydrogen) atoms. The van der Waals surface area contributed by atoms with Crippen LogP contribution in [-0.2, 0) is 20.4 Å². The fourth-order valence-electron chi connectivity index (χ4n) is 2.75. The SMILES string of the molecule is CC(C)(C)c1ccccc1N1CC(CS(=O)(=O)F)CC1=O. The number of carbonyl (C=O) groups is 1. The zero-order valence-electron chi connectivity index (χ0n) is 12.5. The molecule has 0 aliphatic carbocycles. The van der Waals surface area contributed by atoms with Crippen LogP contribution in [0.1, 0.15) is 32.8 Å². The van der Waals surface area contributed by atoms with Crippen molar-refractivity contribution in [3.8, 4) is 0 Å². The number of hydrogen-bond acceptors (Lipinski definition) is 3. The van der Waals surface area contributed by atoms with E-state index in [1.54, 1.807) is 4.90 Å². The number of nitrogens with zero attached hydrogens (tertiary/aromatic N) is 1. The smallest absolute Gasteiger partial charge is 0.302 e. The van der Waals surface area contributed by atoms with Crippen LogP contribution in [0.3, 0.4) is 0 Å². The molecule has 0 aromatic heterocycles.